The van der Waals surface area contributed by atoms with Gasteiger partial charge >= 0.3 is 0 Å². The van der Waals surface area contributed by atoms with Crippen LogP contribution in [0.3, 0.4) is 0 Å². The lowest BCUT2D eigenvalue weighted by molar-refractivity contribution is 0.00726. The van der Waals surface area contributed by atoms with Crippen LogP contribution in [0.1, 0.15) is 80.6 Å². The first kappa shape index (κ1) is 22.2. The molecule has 3 unspecified atom stereocenters. The first-order chi connectivity index (χ1) is 12.1. The molecule has 0 aromatic rings. The number of morpholine rings is 1. The molecule has 2 aliphatic rings. The fraction of sp³-hybridized carbons (Fsp3) is 1.00. The summed E-state index contributed by atoms with van der Waals surface area (Å²) in [7, 11) is 0. The van der Waals surface area contributed by atoms with Gasteiger partial charge in [-0.2, -0.15) is 0 Å². The molecule has 0 aromatic carbocycles. The van der Waals surface area contributed by atoms with Crippen molar-refractivity contribution >= 4 is 0 Å². The third kappa shape index (κ3) is 7.48. The van der Waals surface area contributed by atoms with E-state index in [0.29, 0.717) is 22.9 Å². The lowest BCUT2D eigenvalue weighted by Crippen LogP contribution is -2.45. The average Bonchev–Trinajstić information content (AvgIpc) is 2.53. The van der Waals surface area contributed by atoms with E-state index in [9.17, 15) is 0 Å². The van der Waals surface area contributed by atoms with Crippen molar-refractivity contribution in [3.8, 4) is 0 Å². The molecule has 0 bridgehead atoms. The Balaban J connectivity index is 1.83. The lowest BCUT2D eigenvalue weighted by Gasteiger charge is -2.42. The molecule has 3 heteroatoms. The molecule has 2 fully saturated rings. The highest BCUT2D eigenvalue weighted by Crippen LogP contribution is 2.36. The molecule has 26 heavy (non-hydrogen) atoms. The van der Waals surface area contributed by atoms with E-state index in [1.54, 1.807) is 0 Å². The third-order valence-corrected chi connectivity index (χ3v) is 6.44. The second-order valence-corrected chi connectivity index (χ2v) is 11.2. The molecule has 2 rings (SSSR count). The monoisotopic (exact) mass is 366 g/mol. The standard InChI is InChI=1S/C23H46N2O/c1-19(15-22(3,4)5)25-10-8-9-21(18-25)17-23(6,7)16-20(2)24-11-13-26-14-12-24/h19-21H,8-18H2,1-7H3. The molecule has 0 spiro atoms. The van der Waals surface area contributed by atoms with Crippen molar-refractivity contribution in [3.63, 3.8) is 0 Å². The van der Waals surface area contributed by atoms with Gasteiger partial charge in [0.15, 0.2) is 0 Å². The molecule has 0 saturated carbocycles. The molecular weight excluding hydrogens is 320 g/mol. The Morgan fingerprint density at radius 1 is 0.885 bits per heavy atom. The van der Waals surface area contributed by atoms with Crippen LogP contribution in [0.2, 0.25) is 0 Å². The summed E-state index contributed by atoms with van der Waals surface area (Å²) in [6, 6.07) is 1.39. The summed E-state index contributed by atoms with van der Waals surface area (Å²) in [5, 5.41) is 0. The highest BCUT2D eigenvalue weighted by molar-refractivity contribution is 4.85. The van der Waals surface area contributed by atoms with Crippen molar-refractivity contribution in [2.75, 3.05) is 39.4 Å². The maximum atomic E-state index is 5.52. The molecule has 0 amide bonds. The second-order valence-electron chi connectivity index (χ2n) is 11.2. The van der Waals surface area contributed by atoms with Crippen LogP contribution in [0, 0.1) is 16.7 Å². The van der Waals surface area contributed by atoms with E-state index in [-0.39, 0.29) is 0 Å². The predicted molar refractivity (Wildman–Crippen MR) is 113 cm³/mol. The minimum absolute atomic E-state index is 0.429. The van der Waals surface area contributed by atoms with Crippen molar-refractivity contribution in [2.24, 2.45) is 16.7 Å². The summed E-state index contributed by atoms with van der Waals surface area (Å²) in [5.41, 5.74) is 0.859. The normalized spacial score (nSPS) is 26.7. The summed E-state index contributed by atoms with van der Waals surface area (Å²) in [5.74, 6) is 0.873. The Morgan fingerprint density at radius 2 is 1.50 bits per heavy atom. The first-order valence-electron chi connectivity index (χ1n) is 11.1. The number of nitrogens with zero attached hydrogens (tertiary/aromatic N) is 2. The van der Waals surface area contributed by atoms with E-state index >= 15 is 0 Å². The zero-order valence-corrected chi connectivity index (χ0v) is 18.8. The van der Waals surface area contributed by atoms with E-state index in [0.717, 1.165) is 32.2 Å². The molecule has 0 aromatic heterocycles. The molecule has 0 N–H and O–H groups in total. The van der Waals surface area contributed by atoms with Crippen LogP contribution < -0.4 is 0 Å². The van der Waals surface area contributed by atoms with Gasteiger partial charge in [0.25, 0.3) is 0 Å². The Kier molecular flexibility index (Phi) is 8.00. The number of likely N-dealkylation sites (tertiary alicyclic amines) is 1. The van der Waals surface area contributed by atoms with E-state index in [1.165, 1.54) is 45.2 Å². The zero-order chi connectivity index (χ0) is 19.4. The van der Waals surface area contributed by atoms with Gasteiger partial charge in [0.2, 0.25) is 0 Å². The smallest absolute Gasteiger partial charge is 0.0594 e. The summed E-state index contributed by atoms with van der Waals surface area (Å²) in [6.45, 7) is 23.7. The van der Waals surface area contributed by atoms with Crippen LogP contribution in [0.15, 0.2) is 0 Å². The third-order valence-electron chi connectivity index (χ3n) is 6.44. The number of rotatable bonds is 7. The van der Waals surface area contributed by atoms with Gasteiger partial charge in [0, 0.05) is 31.7 Å². The summed E-state index contributed by atoms with van der Waals surface area (Å²) >= 11 is 0. The quantitative estimate of drug-likeness (QED) is 0.627. The molecule has 154 valence electrons. The molecule has 0 radical (unpaired) electrons. The van der Waals surface area contributed by atoms with Crippen molar-refractivity contribution in [2.45, 2.75) is 92.7 Å². The van der Waals surface area contributed by atoms with Gasteiger partial charge < -0.3 is 9.64 Å². The Labute approximate surface area is 163 Å². The Bertz CT molecular complexity index is 409. The molecule has 2 aliphatic heterocycles. The lowest BCUT2D eigenvalue weighted by atomic mass is 9.75. The number of hydrogen-bond acceptors (Lipinski definition) is 3. The molecule has 3 atom stereocenters. The zero-order valence-electron chi connectivity index (χ0n) is 18.8. The van der Waals surface area contributed by atoms with Gasteiger partial charge in [-0.05, 0) is 69.2 Å². The van der Waals surface area contributed by atoms with Gasteiger partial charge in [-0.3, -0.25) is 4.90 Å². The van der Waals surface area contributed by atoms with E-state index in [2.05, 4.69) is 58.3 Å². The molecule has 0 aliphatic carbocycles. The van der Waals surface area contributed by atoms with Crippen LogP contribution in [0.4, 0.5) is 0 Å². The van der Waals surface area contributed by atoms with Gasteiger partial charge in [0.05, 0.1) is 13.2 Å². The van der Waals surface area contributed by atoms with Crippen LogP contribution >= 0.6 is 0 Å². The molecule has 2 heterocycles. The van der Waals surface area contributed by atoms with Crippen LogP contribution in [-0.2, 0) is 4.74 Å². The van der Waals surface area contributed by atoms with Gasteiger partial charge in [0.1, 0.15) is 0 Å². The Morgan fingerprint density at radius 3 is 2.12 bits per heavy atom. The maximum absolute atomic E-state index is 5.52. The minimum atomic E-state index is 0.429. The van der Waals surface area contributed by atoms with Crippen molar-refractivity contribution in [3.05, 3.63) is 0 Å². The van der Waals surface area contributed by atoms with E-state index < -0.39 is 0 Å². The highest BCUT2D eigenvalue weighted by atomic mass is 16.5. The van der Waals surface area contributed by atoms with Crippen molar-refractivity contribution in [1.82, 2.24) is 9.80 Å². The molecule has 3 nitrogen and oxygen atoms in total. The topological polar surface area (TPSA) is 15.7 Å². The van der Waals surface area contributed by atoms with Gasteiger partial charge in [-0.15, -0.1) is 0 Å². The minimum Gasteiger partial charge on any atom is -0.379 e. The first-order valence-corrected chi connectivity index (χ1v) is 11.1. The number of hydrogen-bond donors (Lipinski definition) is 0. The van der Waals surface area contributed by atoms with E-state index in [1.807, 2.05) is 0 Å². The number of piperidine rings is 1. The Hall–Kier alpha value is -0.120. The largest absolute Gasteiger partial charge is 0.379 e. The van der Waals surface area contributed by atoms with E-state index in [4.69, 9.17) is 4.74 Å². The fourth-order valence-electron chi connectivity index (χ4n) is 5.49. The van der Waals surface area contributed by atoms with Crippen LogP contribution in [0.25, 0.3) is 0 Å². The molecular formula is C23H46N2O. The highest BCUT2D eigenvalue weighted by Gasteiger charge is 2.32. The van der Waals surface area contributed by atoms with Crippen LogP contribution in [-0.4, -0.2) is 61.3 Å². The van der Waals surface area contributed by atoms with Gasteiger partial charge in [-0.1, -0.05) is 34.6 Å². The number of ether oxygens (including phenoxy) is 1. The fourth-order valence-corrected chi connectivity index (χ4v) is 5.49. The summed E-state index contributed by atoms with van der Waals surface area (Å²) < 4.78 is 5.52. The average molecular weight is 367 g/mol. The summed E-state index contributed by atoms with van der Waals surface area (Å²) in [4.78, 5) is 5.41. The van der Waals surface area contributed by atoms with Crippen molar-refractivity contribution < 1.29 is 4.74 Å². The van der Waals surface area contributed by atoms with Crippen LogP contribution in [0.5, 0.6) is 0 Å². The second kappa shape index (κ2) is 9.39. The van der Waals surface area contributed by atoms with Crippen molar-refractivity contribution in [1.29, 1.82) is 0 Å². The van der Waals surface area contributed by atoms with Gasteiger partial charge in [-0.25, -0.2) is 0 Å². The predicted octanol–water partition coefficient (Wildman–Crippen LogP) is 5.05. The summed E-state index contributed by atoms with van der Waals surface area (Å²) in [6.07, 6.45) is 6.79. The molecule has 2 saturated heterocycles. The maximum Gasteiger partial charge on any atom is 0.0594 e. The SMILES string of the molecule is CC(CC(C)(C)CC1CCCN(C(C)CC(C)(C)C)C1)N1CCOCC1.